The van der Waals surface area contributed by atoms with Crippen LogP contribution in [0.4, 0.5) is 5.69 Å². The fourth-order valence-corrected chi connectivity index (χ4v) is 3.34. The number of hydrogen-bond donors (Lipinski definition) is 2. The Bertz CT molecular complexity index is 679. The maximum absolute atomic E-state index is 12.3. The van der Waals surface area contributed by atoms with E-state index < -0.39 is 0 Å². The van der Waals surface area contributed by atoms with E-state index in [2.05, 4.69) is 41.4 Å². The molecule has 0 aliphatic carbocycles. The smallest absolute Gasteiger partial charge is 0.224 e. The zero-order valence-corrected chi connectivity index (χ0v) is 16.6. The minimum absolute atomic E-state index is 0. The van der Waals surface area contributed by atoms with Crippen molar-refractivity contribution in [2.45, 2.75) is 38.4 Å². The highest BCUT2D eigenvalue weighted by Crippen LogP contribution is 2.20. The number of halogens is 2. The van der Waals surface area contributed by atoms with Crippen LogP contribution in [0, 0.1) is 0 Å². The molecule has 6 heteroatoms. The quantitative estimate of drug-likeness (QED) is 0.762. The van der Waals surface area contributed by atoms with Gasteiger partial charge in [-0.3, -0.25) is 9.69 Å². The van der Waals surface area contributed by atoms with Gasteiger partial charge in [0.1, 0.15) is 0 Å². The Kier molecular flexibility index (Phi) is 8.93. The summed E-state index contributed by atoms with van der Waals surface area (Å²) in [6.45, 7) is 4.07. The van der Waals surface area contributed by atoms with Gasteiger partial charge in [0.15, 0.2) is 0 Å². The molecule has 4 nitrogen and oxygen atoms in total. The minimum Gasteiger partial charge on any atom is -0.399 e. The molecule has 0 aromatic heterocycles. The fourth-order valence-electron chi connectivity index (χ4n) is 3.34. The van der Waals surface area contributed by atoms with Gasteiger partial charge in [0.25, 0.3) is 0 Å². The van der Waals surface area contributed by atoms with Crippen LogP contribution in [-0.2, 0) is 17.8 Å². The Labute approximate surface area is 168 Å². The average molecular weight is 396 g/mol. The molecule has 1 heterocycles. The molecule has 1 aliphatic rings. The summed E-state index contributed by atoms with van der Waals surface area (Å²) in [6.07, 6.45) is 1.41. The molecule has 1 amide bonds. The first kappa shape index (κ1) is 22.3. The van der Waals surface area contributed by atoms with Crippen molar-refractivity contribution >= 4 is 36.4 Å². The predicted molar refractivity (Wildman–Crippen MR) is 112 cm³/mol. The standard InChI is InChI=1S/C20H25N3O.2ClH/c1-15-11-19(14-23(15)13-17-5-3-2-4-6-17)22-20(24)12-16-7-9-18(21)10-8-16;;/h2-10,15,19H,11-14,21H2,1H3,(H,22,24);2*1H. The van der Waals surface area contributed by atoms with E-state index in [0.29, 0.717) is 12.5 Å². The summed E-state index contributed by atoms with van der Waals surface area (Å²) in [7, 11) is 0. The number of nitrogen functional groups attached to an aromatic ring is 1. The van der Waals surface area contributed by atoms with Crippen LogP contribution in [0.1, 0.15) is 24.5 Å². The Balaban J connectivity index is 0.00000169. The Hall–Kier alpha value is -1.75. The average Bonchev–Trinajstić information content (AvgIpc) is 2.90. The number of anilines is 1. The van der Waals surface area contributed by atoms with Crippen LogP contribution < -0.4 is 11.1 Å². The number of nitrogens with one attached hydrogen (secondary N) is 1. The van der Waals surface area contributed by atoms with Crippen LogP contribution in [0.2, 0.25) is 0 Å². The molecule has 3 rings (SSSR count). The third-order valence-electron chi connectivity index (χ3n) is 4.64. The van der Waals surface area contributed by atoms with Crippen molar-refractivity contribution in [1.82, 2.24) is 10.2 Å². The summed E-state index contributed by atoms with van der Waals surface area (Å²) < 4.78 is 0. The van der Waals surface area contributed by atoms with Crippen LogP contribution in [0.15, 0.2) is 54.6 Å². The van der Waals surface area contributed by atoms with Crippen molar-refractivity contribution in [2.24, 2.45) is 0 Å². The lowest BCUT2D eigenvalue weighted by atomic mass is 10.1. The first-order valence-corrected chi connectivity index (χ1v) is 8.52. The second-order valence-corrected chi connectivity index (χ2v) is 6.68. The van der Waals surface area contributed by atoms with Gasteiger partial charge in [-0.2, -0.15) is 0 Å². The van der Waals surface area contributed by atoms with Crippen molar-refractivity contribution in [2.75, 3.05) is 12.3 Å². The number of amides is 1. The van der Waals surface area contributed by atoms with E-state index in [1.807, 2.05) is 30.3 Å². The van der Waals surface area contributed by atoms with Gasteiger partial charge in [-0.05, 0) is 36.6 Å². The van der Waals surface area contributed by atoms with Crippen LogP contribution >= 0.6 is 24.8 Å². The highest BCUT2D eigenvalue weighted by molar-refractivity contribution is 5.85. The second kappa shape index (κ2) is 10.4. The molecule has 0 bridgehead atoms. The van der Waals surface area contributed by atoms with Crippen molar-refractivity contribution < 1.29 is 4.79 Å². The van der Waals surface area contributed by atoms with E-state index in [1.165, 1.54) is 5.56 Å². The predicted octanol–water partition coefficient (Wildman–Crippen LogP) is 3.43. The van der Waals surface area contributed by atoms with Crippen LogP contribution in [0.5, 0.6) is 0 Å². The minimum atomic E-state index is 0. The maximum atomic E-state index is 12.3. The van der Waals surface area contributed by atoms with E-state index in [-0.39, 0.29) is 36.8 Å². The van der Waals surface area contributed by atoms with E-state index in [4.69, 9.17) is 5.73 Å². The summed E-state index contributed by atoms with van der Waals surface area (Å²) in [4.78, 5) is 14.7. The van der Waals surface area contributed by atoms with Gasteiger partial charge in [0.2, 0.25) is 5.91 Å². The number of benzene rings is 2. The zero-order valence-electron chi connectivity index (χ0n) is 14.9. The first-order valence-electron chi connectivity index (χ1n) is 8.52. The third-order valence-corrected chi connectivity index (χ3v) is 4.64. The second-order valence-electron chi connectivity index (χ2n) is 6.68. The molecular formula is C20H27Cl2N3O. The lowest BCUT2D eigenvalue weighted by Crippen LogP contribution is -2.37. The van der Waals surface area contributed by atoms with Crippen molar-refractivity contribution in [3.05, 3.63) is 65.7 Å². The van der Waals surface area contributed by atoms with E-state index >= 15 is 0 Å². The summed E-state index contributed by atoms with van der Waals surface area (Å²) >= 11 is 0. The number of nitrogens with zero attached hydrogens (tertiary/aromatic N) is 1. The molecule has 2 aromatic carbocycles. The largest absolute Gasteiger partial charge is 0.399 e. The number of carbonyl (C=O) groups is 1. The normalized spacial score (nSPS) is 19.3. The Morgan fingerprint density at radius 2 is 1.73 bits per heavy atom. The summed E-state index contributed by atoms with van der Waals surface area (Å²) in [5.74, 6) is 0.0820. The highest BCUT2D eigenvalue weighted by atomic mass is 35.5. The monoisotopic (exact) mass is 395 g/mol. The van der Waals surface area contributed by atoms with Crippen LogP contribution in [0.3, 0.4) is 0 Å². The zero-order chi connectivity index (χ0) is 16.9. The van der Waals surface area contributed by atoms with Crippen molar-refractivity contribution in [1.29, 1.82) is 0 Å². The lowest BCUT2D eigenvalue weighted by molar-refractivity contribution is -0.121. The van der Waals surface area contributed by atoms with Gasteiger partial charge in [-0.25, -0.2) is 0 Å². The fraction of sp³-hybridized carbons (Fsp3) is 0.350. The van der Waals surface area contributed by atoms with Gasteiger partial charge >= 0.3 is 0 Å². The number of likely N-dealkylation sites (tertiary alicyclic amines) is 1. The van der Waals surface area contributed by atoms with Gasteiger partial charge < -0.3 is 11.1 Å². The molecule has 2 atom stereocenters. The molecule has 2 unspecified atom stereocenters. The molecule has 142 valence electrons. The third kappa shape index (κ3) is 6.20. The molecule has 1 fully saturated rings. The van der Waals surface area contributed by atoms with Gasteiger partial charge in [-0.1, -0.05) is 42.5 Å². The van der Waals surface area contributed by atoms with Gasteiger partial charge in [0, 0.05) is 30.9 Å². The first-order chi connectivity index (χ1) is 11.6. The Morgan fingerprint density at radius 1 is 1.08 bits per heavy atom. The molecule has 0 radical (unpaired) electrons. The molecular weight excluding hydrogens is 369 g/mol. The number of rotatable bonds is 5. The van der Waals surface area contributed by atoms with E-state index in [1.54, 1.807) is 0 Å². The molecule has 1 saturated heterocycles. The molecule has 0 spiro atoms. The van der Waals surface area contributed by atoms with Gasteiger partial charge in [-0.15, -0.1) is 24.8 Å². The van der Waals surface area contributed by atoms with Crippen molar-refractivity contribution in [3.8, 4) is 0 Å². The molecule has 1 aliphatic heterocycles. The van der Waals surface area contributed by atoms with Gasteiger partial charge in [0.05, 0.1) is 6.42 Å². The van der Waals surface area contributed by atoms with Crippen LogP contribution in [0.25, 0.3) is 0 Å². The SMILES string of the molecule is CC1CC(NC(=O)Cc2ccc(N)cc2)CN1Cc1ccccc1.Cl.Cl. The van der Waals surface area contributed by atoms with E-state index in [9.17, 15) is 4.79 Å². The lowest BCUT2D eigenvalue weighted by Gasteiger charge is -2.20. The molecule has 26 heavy (non-hydrogen) atoms. The topological polar surface area (TPSA) is 58.4 Å². The summed E-state index contributed by atoms with van der Waals surface area (Å²) in [6, 6.07) is 18.7. The Morgan fingerprint density at radius 3 is 2.38 bits per heavy atom. The maximum Gasteiger partial charge on any atom is 0.224 e. The number of nitrogens with two attached hydrogens (primary N) is 1. The molecule has 0 saturated carbocycles. The van der Waals surface area contributed by atoms with Crippen molar-refractivity contribution in [3.63, 3.8) is 0 Å². The summed E-state index contributed by atoms with van der Waals surface area (Å²) in [5.41, 5.74) is 8.71. The molecule has 2 aromatic rings. The number of hydrogen-bond acceptors (Lipinski definition) is 3. The molecule has 3 N–H and O–H groups in total. The summed E-state index contributed by atoms with van der Waals surface area (Å²) in [5, 5.41) is 3.18. The van der Waals surface area contributed by atoms with Crippen LogP contribution in [-0.4, -0.2) is 29.4 Å². The van der Waals surface area contributed by atoms with E-state index in [0.717, 1.165) is 30.8 Å². The highest BCUT2D eigenvalue weighted by Gasteiger charge is 2.29. The number of carbonyl (C=O) groups excluding carboxylic acids is 1.